The van der Waals surface area contributed by atoms with Gasteiger partial charge in [-0.05, 0) is 48.4 Å². The molecule has 1 heterocycles. The SMILES string of the molecule is CCCCOc1ccc(CNC(=O)c2ccc(NC(=O)c3nnc(COC)s3)cc2)cc1. The van der Waals surface area contributed by atoms with Gasteiger partial charge < -0.3 is 20.1 Å². The summed E-state index contributed by atoms with van der Waals surface area (Å²) in [5.41, 5.74) is 2.05. The third-order valence-corrected chi connectivity index (χ3v) is 5.37. The fourth-order valence-corrected chi connectivity index (χ4v) is 3.45. The lowest BCUT2D eigenvalue weighted by molar-refractivity contribution is 0.0950. The molecule has 0 saturated heterocycles. The van der Waals surface area contributed by atoms with Crippen LogP contribution in [0.1, 0.15) is 50.5 Å². The van der Waals surface area contributed by atoms with E-state index in [1.165, 1.54) is 11.3 Å². The van der Waals surface area contributed by atoms with E-state index in [4.69, 9.17) is 9.47 Å². The molecule has 3 aromatic rings. The van der Waals surface area contributed by atoms with Crippen molar-refractivity contribution in [2.24, 2.45) is 0 Å². The molecule has 3 rings (SSSR count). The minimum absolute atomic E-state index is 0.195. The van der Waals surface area contributed by atoms with Gasteiger partial charge in [-0.2, -0.15) is 0 Å². The minimum atomic E-state index is -0.357. The molecule has 0 atom stereocenters. The first-order valence-corrected chi connectivity index (χ1v) is 11.1. The number of ether oxygens (including phenoxy) is 2. The van der Waals surface area contributed by atoms with Crippen molar-refractivity contribution in [2.75, 3.05) is 19.0 Å². The highest BCUT2D eigenvalue weighted by atomic mass is 32.1. The van der Waals surface area contributed by atoms with E-state index < -0.39 is 0 Å². The van der Waals surface area contributed by atoms with Crippen LogP contribution in [0.25, 0.3) is 0 Å². The second-order valence-electron chi connectivity index (χ2n) is 6.99. The second-order valence-corrected chi connectivity index (χ2v) is 8.06. The molecule has 0 aliphatic carbocycles. The minimum Gasteiger partial charge on any atom is -0.494 e. The van der Waals surface area contributed by atoms with E-state index in [9.17, 15) is 9.59 Å². The van der Waals surface area contributed by atoms with E-state index in [-0.39, 0.29) is 16.8 Å². The van der Waals surface area contributed by atoms with Gasteiger partial charge in [-0.3, -0.25) is 9.59 Å². The van der Waals surface area contributed by atoms with Crippen LogP contribution in [0, 0.1) is 0 Å². The summed E-state index contributed by atoms with van der Waals surface area (Å²) in [7, 11) is 1.55. The van der Waals surface area contributed by atoms with Gasteiger partial charge in [-0.25, -0.2) is 0 Å². The number of rotatable bonds is 11. The molecule has 8 nitrogen and oxygen atoms in total. The molecule has 0 radical (unpaired) electrons. The number of carbonyl (C=O) groups is 2. The fourth-order valence-electron chi connectivity index (χ4n) is 2.74. The molecule has 9 heteroatoms. The van der Waals surface area contributed by atoms with Gasteiger partial charge in [0.15, 0.2) is 0 Å². The van der Waals surface area contributed by atoms with Crippen LogP contribution in [0.4, 0.5) is 5.69 Å². The lowest BCUT2D eigenvalue weighted by atomic mass is 10.1. The molecule has 0 fully saturated rings. The van der Waals surface area contributed by atoms with Crippen LogP contribution in [-0.2, 0) is 17.9 Å². The topological polar surface area (TPSA) is 102 Å². The Bertz CT molecular complexity index is 1020. The number of aromatic nitrogens is 2. The second kappa shape index (κ2) is 11.9. The molecule has 32 heavy (non-hydrogen) atoms. The molecule has 0 aliphatic heterocycles. The third-order valence-electron chi connectivity index (χ3n) is 4.48. The van der Waals surface area contributed by atoms with Crippen LogP contribution in [0.3, 0.4) is 0 Å². The van der Waals surface area contributed by atoms with Crippen LogP contribution < -0.4 is 15.4 Å². The first kappa shape index (κ1) is 23.4. The van der Waals surface area contributed by atoms with Gasteiger partial charge in [0.25, 0.3) is 11.8 Å². The molecule has 2 amide bonds. The average Bonchev–Trinajstić information content (AvgIpc) is 3.28. The number of benzene rings is 2. The smallest absolute Gasteiger partial charge is 0.286 e. The van der Waals surface area contributed by atoms with Gasteiger partial charge in [0.2, 0.25) is 5.01 Å². The predicted octanol–water partition coefficient (Wildman–Crippen LogP) is 4.05. The summed E-state index contributed by atoms with van der Waals surface area (Å²) in [5, 5.41) is 14.3. The van der Waals surface area contributed by atoms with Gasteiger partial charge in [-0.1, -0.05) is 36.8 Å². The summed E-state index contributed by atoms with van der Waals surface area (Å²) in [6.07, 6.45) is 2.12. The summed E-state index contributed by atoms with van der Waals surface area (Å²) in [5.74, 6) is 0.276. The maximum Gasteiger partial charge on any atom is 0.286 e. The Hall–Kier alpha value is -3.30. The molecular formula is C23H26N4O4S. The molecule has 1 aromatic heterocycles. The normalized spacial score (nSPS) is 10.6. The lowest BCUT2D eigenvalue weighted by Crippen LogP contribution is -2.22. The molecule has 0 aliphatic rings. The van der Waals surface area contributed by atoms with Crippen LogP contribution in [-0.4, -0.2) is 35.7 Å². The van der Waals surface area contributed by atoms with Crippen molar-refractivity contribution >= 4 is 28.8 Å². The number of hydrogen-bond donors (Lipinski definition) is 2. The molecule has 2 aromatic carbocycles. The Morgan fingerprint density at radius 2 is 1.75 bits per heavy atom. The first-order valence-electron chi connectivity index (χ1n) is 10.3. The number of carbonyl (C=O) groups excluding carboxylic acids is 2. The third kappa shape index (κ3) is 6.86. The number of hydrogen-bond acceptors (Lipinski definition) is 7. The zero-order valence-corrected chi connectivity index (χ0v) is 18.9. The first-order chi connectivity index (χ1) is 15.6. The molecule has 0 saturated carbocycles. The van der Waals surface area contributed by atoms with E-state index in [2.05, 4.69) is 27.8 Å². The van der Waals surface area contributed by atoms with Gasteiger partial charge in [0, 0.05) is 24.9 Å². The van der Waals surface area contributed by atoms with Crippen LogP contribution in [0.2, 0.25) is 0 Å². The van der Waals surface area contributed by atoms with Crippen LogP contribution in [0.15, 0.2) is 48.5 Å². The van der Waals surface area contributed by atoms with Crippen molar-refractivity contribution in [3.05, 3.63) is 69.7 Å². The monoisotopic (exact) mass is 454 g/mol. The number of amides is 2. The Morgan fingerprint density at radius 3 is 2.44 bits per heavy atom. The summed E-state index contributed by atoms with van der Waals surface area (Å²) in [6.45, 7) is 3.55. The highest BCUT2D eigenvalue weighted by molar-refractivity contribution is 7.13. The predicted molar refractivity (Wildman–Crippen MR) is 123 cm³/mol. The van der Waals surface area contributed by atoms with Crippen molar-refractivity contribution in [3.8, 4) is 5.75 Å². The largest absolute Gasteiger partial charge is 0.494 e. The maximum absolute atomic E-state index is 12.4. The van der Waals surface area contributed by atoms with Crippen LogP contribution in [0.5, 0.6) is 5.75 Å². The quantitative estimate of drug-likeness (QED) is 0.424. The van der Waals surface area contributed by atoms with Gasteiger partial charge >= 0.3 is 0 Å². The highest BCUT2D eigenvalue weighted by Gasteiger charge is 2.13. The van der Waals surface area contributed by atoms with E-state index in [0.717, 1.165) is 24.2 Å². The van der Waals surface area contributed by atoms with Crippen molar-refractivity contribution in [2.45, 2.75) is 32.9 Å². The van der Waals surface area contributed by atoms with E-state index in [1.807, 2.05) is 24.3 Å². The standard InChI is InChI=1S/C23H26N4O4S/c1-3-4-13-31-19-11-5-16(6-12-19)14-24-21(28)17-7-9-18(10-8-17)25-22(29)23-27-26-20(32-23)15-30-2/h5-12H,3-4,13-15H2,1-2H3,(H,24,28)(H,25,29). The zero-order valence-electron chi connectivity index (χ0n) is 18.1. The Balaban J connectivity index is 1.48. The summed E-state index contributed by atoms with van der Waals surface area (Å²) < 4.78 is 10.6. The van der Waals surface area contributed by atoms with Crippen LogP contribution >= 0.6 is 11.3 Å². The lowest BCUT2D eigenvalue weighted by Gasteiger charge is -2.09. The number of nitrogens with zero attached hydrogens (tertiary/aromatic N) is 2. The highest BCUT2D eigenvalue weighted by Crippen LogP contribution is 2.16. The van der Waals surface area contributed by atoms with Gasteiger partial charge in [-0.15, -0.1) is 10.2 Å². The Labute approximate surface area is 191 Å². The number of methoxy groups -OCH3 is 1. The molecule has 168 valence electrons. The average molecular weight is 455 g/mol. The molecule has 2 N–H and O–H groups in total. The molecule has 0 spiro atoms. The maximum atomic E-state index is 12.4. The molecular weight excluding hydrogens is 428 g/mol. The molecule has 0 unspecified atom stereocenters. The Morgan fingerprint density at radius 1 is 1.00 bits per heavy atom. The fraction of sp³-hybridized carbons (Fsp3) is 0.304. The van der Waals surface area contributed by atoms with E-state index >= 15 is 0 Å². The number of anilines is 1. The van der Waals surface area contributed by atoms with Crippen molar-refractivity contribution in [3.63, 3.8) is 0 Å². The van der Waals surface area contributed by atoms with Crippen molar-refractivity contribution < 1.29 is 19.1 Å². The van der Waals surface area contributed by atoms with E-state index in [1.54, 1.807) is 31.4 Å². The molecule has 0 bridgehead atoms. The van der Waals surface area contributed by atoms with Crippen molar-refractivity contribution in [1.82, 2.24) is 15.5 Å². The summed E-state index contributed by atoms with van der Waals surface area (Å²) in [6, 6.07) is 14.4. The number of unbranched alkanes of at least 4 members (excludes halogenated alkanes) is 1. The van der Waals surface area contributed by atoms with Gasteiger partial charge in [0.1, 0.15) is 10.8 Å². The zero-order chi connectivity index (χ0) is 22.8. The summed E-state index contributed by atoms with van der Waals surface area (Å²) >= 11 is 1.17. The van der Waals surface area contributed by atoms with E-state index in [0.29, 0.717) is 36.0 Å². The Kier molecular flexibility index (Phi) is 8.70. The van der Waals surface area contributed by atoms with Gasteiger partial charge in [0.05, 0.1) is 13.2 Å². The van der Waals surface area contributed by atoms with Crippen molar-refractivity contribution in [1.29, 1.82) is 0 Å². The number of nitrogens with one attached hydrogen (secondary N) is 2. The summed E-state index contributed by atoms with van der Waals surface area (Å²) in [4.78, 5) is 24.7.